The number of rotatable bonds is 4. The van der Waals surface area contributed by atoms with Crippen LogP contribution >= 0.6 is 11.3 Å². The van der Waals surface area contributed by atoms with E-state index in [-0.39, 0.29) is 0 Å². The van der Waals surface area contributed by atoms with Crippen molar-refractivity contribution < 1.29 is 0 Å². The lowest BCUT2D eigenvalue weighted by molar-refractivity contribution is 1.36. The Kier molecular flexibility index (Phi) is 5.15. The van der Waals surface area contributed by atoms with Gasteiger partial charge in [-0.1, -0.05) is 121 Å². The van der Waals surface area contributed by atoms with E-state index in [4.69, 9.17) is 0 Å². The Balaban J connectivity index is 1.49. The molecule has 170 valence electrons. The number of thiophene rings is 1. The van der Waals surface area contributed by atoms with E-state index in [1.54, 1.807) is 0 Å². The summed E-state index contributed by atoms with van der Waals surface area (Å²) in [6.45, 7) is 0. The van der Waals surface area contributed by atoms with Gasteiger partial charge in [0, 0.05) is 16.0 Å². The van der Waals surface area contributed by atoms with E-state index in [0.29, 0.717) is 0 Å². The summed E-state index contributed by atoms with van der Waals surface area (Å²) in [5.41, 5.74) is 3.88. The van der Waals surface area contributed by atoms with Crippen LogP contribution in [-0.2, 0) is 6.42 Å². The second-order valence-corrected chi connectivity index (χ2v) is 10.4. The molecule has 6 aromatic carbocycles. The van der Waals surface area contributed by atoms with E-state index in [2.05, 4.69) is 133 Å². The fraction of sp³-hybridized carbons (Fsp3) is 0.0286. The minimum absolute atomic E-state index is 0.934. The first-order valence-corrected chi connectivity index (χ1v) is 13.2. The van der Waals surface area contributed by atoms with E-state index in [1.807, 2.05) is 11.3 Å². The van der Waals surface area contributed by atoms with Crippen LogP contribution in [0.4, 0.5) is 0 Å². The first-order valence-electron chi connectivity index (χ1n) is 12.4. The molecule has 0 unspecified atom stereocenters. The average Bonchev–Trinajstić information content (AvgIpc) is 3.36. The van der Waals surface area contributed by atoms with Crippen molar-refractivity contribution in [3.63, 3.8) is 0 Å². The zero-order chi connectivity index (χ0) is 23.9. The zero-order valence-corrected chi connectivity index (χ0v) is 20.6. The third kappa shape index (κ3) is 3.52. The highest BCUT2D eigenvalue weighted by Gasteiger charge is 2.16. The fourth-order valence-corrected chi connectivity index (χ4v) is 6.54. The molecular weight excluding hydrogens is 452 g/mol. The monoisotopic (exact) mass is 476 g/mol. The number of hydrogen-bond acceptors (Lipinski definition) is 1. The second kappa shape index (κ2) is 8.78. The van der Waals surface area contributed by atoms with Crippen LogP contribution in [0.1, 0.15) is 10.4 Å². The summed E-state index contributed by atoms with van der Waals surface area (Å²) in [6.07, 6.45) is 5.62. The summed E-state index contributed by atoms with van der Waals surface area (Å²) in [7, 11) is 0. The van der Waals surface area contributed by atoms with Gasteiger partial charge < -0.3 is 0 Å². The van der Waals surface area contributed by atoms with E-state index >= 15 is 0 Å². The summed E-state index contributed by atoms with van der Waals surface area (Å²) in [5, 5.41) is 9.15. The molecule has 0 bridgehead atoms. The fourth-order valence-electron chi connectivity index (χ4n) is 5.50. The minimum Gasteiger partial charge on any atom is -0.140 e. The molecule has 0 aliphatic carbocycles. The Morgan fingerprint density at radius 2 is 1.25 bits per heavy atom. The Bertz CT molecular complexity index is 1870. The van der Waals surface area contributed by atoms with Crippen LogP contribution in [0.5, 0.6) is 0 Å². The molecule has 0 saturated carbocycles. The Morgan fingerprint density at radius 3 is 2.08 bits per heavy atom. The van der Waals surface area contributed by atoms with E-state index in [0.717, 1.165) is 6.42 Å². The van der Waals surface area contributed by atoms with Crippen molar-refractivity contribution in [3.8, 4) is 11.1 Å². The van der Waals surface area contributed by atoms with E-state index in [1.165, 1.54) is 64.0 Å². The third-order valence-electron chi connectivity index (χ3n) is 7.10. The highest BCUT2D eigenvalue weighted by molar-refractivity contribution is 7.19. The summed E-state index contributed by atoms with van der Waals surface area (Å²) < 4.78 is 1.36. The first kappa shape index (κ1) is 21.1. The molecule has 7 rings (SSSR count). The summed E-state index contributed by atoms with van der Waals surface area (Å²) in [5.74, 6) is 0. The Morgan fingerprint density at radius 1 is 0.556 bits per heavy atom. The van der Waals surface area contributed by atoms with Crippen LogP contribution in [0.2, 0.25) is 0 Å². The lowest BCUT2D eigenvalue weighted by Gasteiger charge is -2.17. The molecule has 0 radical (unpaired) electrons. The van der Waals surface area contributed by atoms with Crippen molar-refractivity contribution in [2.75, 3.05) is 0 Å². The molecule has 0 atom stereocenters. The van der Waals surface area contributed by atoms with Gasteiger partial charge in [0.05, 0.1) is 0 Å². The molecule has 0 nitrogen and oxygen atoms in total. The van der Waals surface area contributed by atoms with Gasteiger partial charge in [-0.3, -0.25) is 0 Å². The SMILES string of the molecule is C(=C\c1c2ccccc2c(-c2ccccc2)c2c1ccc1ccccc12)/Cc1cc2ccccc2s1. The maximum absolute atomic E-state index is 2.35. The third-order valence-corrected chi connectivity index (χ3v) is 8.24. The number of hydrogen-bond donors (Lipinski definition) is 0. The molecule has 7 aromatic rings. The van der Waals surface area contributed by atoms with Crippen molar-refractivity contribution in [1.29, 1.82) is 0 Å². The maximum atomic E-state index is 2.35. The van der Waals surface area contributed by atoms with Crippen molar-refractivity contribution in [2.24, 2.45) is 0 Å². The summed E-state index contributed by atoms with van der Waals surface area (Å²) in [4.78, 5) is 1.40. The summed E-state index contributed by atoms with van der Waals surface area (Å²) >= 11 is 1.89. The van der Waals surface area contributed by atoms with Gasteiger partial charge in [0.15, 0.2) is 0 Å². The van der Waals surface area contributed by atoms with Crippen molar-refractivity contribution in [1.82, 2.24) is 0 Å². The quantitative estimate of drug-likeness (QED) is 0.175. The molecule has 0 N–H and O–H groups in total. The van der Waals surface area contributed by atoms with Crippen molar-refractivity contribution in [3.05, 3.63) is 138 Å². The van der Waals surface area contributed by atoms with Gasteiger partial charge in [-0.25, -0.2) is 0 Å². The van der Waals surface area contributed by atoms with Gasteiger partial charge >= 0.3 is 0 Å². The van der Waals surface area contributed by atoms with Crippen LogP contribution in [0.3, 0.4) is 0 Å². The highest BCUT2D eigenvalue weighted by atomic mass is 32.1. The van der Waals surface area contributed by atoms with Gasteiger partial charge in [-0.2, -0.15) is 0 Å². The molecule has 0 aliphatic rings. The Hall–Kier alpha value is -4.20. The van der Waals surface area contributed by atoms with E-state index in [9.17, 15) is 0 Å². The lowest BCUT2D eigenvalue weighted by atomic mass is 9.86. The van der Waals surface area contributed by atoms with Crippen molar-refractivity contribution >= 4 is 59.8 Å². The Labute approximate surface area is 214 Å². The van der Waals surface area contributed by atoms with Crippen LogP contribution in [0.25, 0.3) is 59.6 Å². The zero-order valence-electron chi connectivity index (χ0n) is 19.8. The second-order valence-electron chi connectivity index (χ2n) is 9.27. The lowest BCUT2D eigenvalue weighted by Crippen LogP contribution is -1.91. The molecule has 1 heterocycles. The van der Waals surface area contributed by atoms with Crippen molar-refractivity contribution in [2.45, 2.75) is 6.42 Å². The molecule has 0 spiro atoms. The topological polar surface area (TPSA) is 0 Å². The normalized spacial score (nSPS) is 11.9. The molecule has 0 aliphatic heterocycles. The highest BCUT2D eigenvalue weighted by Crippen LogP contribution is 2.43. The molecule has 36 heavy (non-hydrogen) atoms. The maximum Gasteiger partial charge on any atom is 0.0345 e. The standard InChI is InChI=1S/C35H24S/c1-2-12-25(13-3-1)34-31-18-8-7-17-29(31)30(32-22-21-24-11-4-6-16-28(24)35(32)34)19-10-15-27-23-26-14-5-9-20-33(26)36-27/h1-14,16-23H,15H2/b19-10+. The predicted octanol–water partition coefficient (Wildman–Crippen LogP) is 10.3. The average molecular weight is 477 g/mol. The predicted molar refractivity (Wildman–Crippen MR) is 159 cm³/mol. The smallest absolute Gasteiger partial charge is 0.0345 e. The number of allylic oxidation sites excluding steroid dienone is 1. The van der Waals surface area contributed by atoms with Gasteiger partial charge in [-0.05, 0) is 66.5 Å². The number of benzene rings is 6. The van der Waals surface area contributed by atoms with Crippen LogP contribution in [-0.4, -0.2) is 0 Å². The molecule has 0 amide bonds. The van der Waals surface area contributed by atoms with Gasteiger partial charge in [0.2, 0.25) is 0 Å². The molecule has 1 heteroatoms. The van der Waals surface area contributed by atoms with Gasteiger partial charge in [0.25, 0.3) is 0 Å². The summed E-state index contributed by atoms with van der Waals surface area (Å²) in [6, 6.07) is 44.0. The molecular formula is C35H24S. The number of fused-ring (bicyclic) bond motifs is 5. The minimum atomic E-state index is 0.934. The van der Waals surface area contributed by atoms with E-state index < -0.39 is 0 Å². The van der Waals surface area contributed by atoms with Crippen LogP contribution in [0.15, 0.2) is 127 Å². The van der Waals surface area contributed by atoms with Gasteiger partial charge in [-0.15, -0.1) is 11.3 Å². The van der Waals surface area contributed by atoms with Crippen LogP contribution in [0, 0.1) is 0 Å². The molecule has 0 fully saturated rings. The largest absolute Gasteiger partial charge is 0.140 e. The van der Waals surface area contributed by atoms with Crippen LogP contribution < -0.4 is 0 Å². The molecule has 1 aromatic heterocycles. The molecule has 0 saturated heterocycles. The van der Waals surface area contributed by atoms with Gasteiger partial charge in [0.1, 0.15) is 0 Å². The first-order chi connectivity index (χ1) is 17.9.